The number of carbonyl (C=O) groups excluding carboxylic acids is 2. The van der Waals surface area contributed by atoms with Crippen LogP contribution in [0.15, 0.2) is 36.5 Å². The van der Waals surface area contributed by atoms with Crippen molar-refractivity contribution >= 4 is 11.9 Å². The number of ether oxygens (including phenoxy) is 1. The van der Waals surface area contributed by atoms with Gasteiger partial charge < -0.3 is 14.2 Å². The molecule has 1 aromatic heterocycles. The quantitative estimate of drug-likeness (QED) is 0.747. The number of esters is 1. The third-order valence-corrected chi connectivity index (χ3v) is 5.23. The lowest BCUT2D eigenvalue weighted by Gasteiger charge is -2.31. The number of benzene rings is 1. The summed E-state index contributed by atoms with van der Waals surface area (Å²) in [5, 5.41) is 9.49. The van der Waals surface area contributed by atoms with Crippen molar-refractivity contribution in [2.45, 2.75) is 33.1 Å². The second-order valence-electron chi connectivity index (χ2n) is 6.90. The van der Waals surface area contributed by atoms with E-state index >= 15 is 0 Å². The maximum absolute atomic E-state index is 13.2. The number of hydrogen-bond acceptors (Lipinski definition) is 4. The van der Waals surface area contributed by atoms with Crippen molar-refractivity contribution in [2.75, 3.05) is 19.7 Å². The van der Waals surface area contributed by atoms with Crippen molar-refractivity contribution in [1.82, 2.24) is 9.47 Å². The molecule has 2 aromatic rings. The van der Waals surface area contributed by atoms with Crippen LogP contribution >= 0.6 is 0 Å². The first-order valence-corrected chi connectivity index (χ1v) is 9.75. The molecule has 0 unspecified atom stereocenters. The maximum atomic E-state index is 13.2. The Morgan fingerprint density at radius 2 is 1.82 bits per heavy atom. The average molecular weight is 379 g/mol. The second-order valence-corrected chi connectivity index (χ2v) is 6.90. The number of nitrogens with zero attached hydrogens (tertiary/aromatic N) is 3. The third kappa shape index (κ3) is 3.94. The van der Waals surface area contributed by atoms with E-state index in [9.17, 15) is 14.9 Å². The molecule has 28 heavy (non-hydrogen) atoms. The van der Waals surface area contributed by atoms with Gasteiger partial charge in [-0.2, -0.15) is 5.26 Å². The summed E-state index contributed by atoms with van der Waals surface area (Å²) in [5.74, 6) is -0.525. The molecular weight excluding hydrogens is 354 g/mol. The van der Waals surface area contributed by atoms with Crippen molar-refractivity contribution in [1.29, 1.82) is 5.26 Å². The summed E-state index contributed by atoms with van der Waals surface area (Å²) < 4.78 is 6.87. The van der Waals surface area contributed by atoms with Gasteiger partial charge in [0.05, 0.1) is 18.1 Å². The molecule has 1 aliphatic rings. The molecule has 0 atom stereocenters. The first-order valence-electron chi connectivity index (χ1n) is 9.75. The van der Waals surface area contributed by atoms with Gasteiger partial charge >= 0.3 is 5.97 Å². The highest BCUT2D eigenvalue weighted by Gasteiger charge is 2.31. The lowest BCUT2D eigenvalue weighted by atomic mass is 9.96. The zero-order valence-corrected chi connectivity index (χ0v) is 16.4. The number of hydrogen-bond donors (Lipinski definition) is 0. The van der Waals surface area contributed by atoms with Gasteiger partial charge in [0.15, 0.2) is 0 Å². The molecular formula is C22H25N3O3. The molecule has 2 heterocycles. The number of aryl methyl sites for hydroxylation is 1. The molecule has 0 saturated carbocycles. The minimum atomic E-state index is -0.188. The summed E-state index contributed by atoms with van der Waals surface area (Å²) in [6, 6.07) is 11.8. The highest BCUT2D eigenvalue weighted by Crippen LogP contribution is 2.24. The van der Waals surface area contributed by atoms with Crippen LogP contribution in [0.25, 0.3) is 5.69 Å². The van der Waals surface area contributed by atoms with Gasteiger partial charge in [-0.25, -0.2) is 0 Å². The van der Waals surface area contributed by atoms with Gasteiger partial charge in [-0.3, -0.25) is 9.59 Å². The van der Waals surface area contributed by atoms with Crippen LogP contribution < -0.4 is 0 Å². The van der Waals surface area contributed by atoms with E-state index in [4.69, 9.17) is 4.74 Å². The first kappa shape index (κ1) is 19.7. The van der Waals surface area contributed by atoms with E-state index in [2.05, 4.69) is 13.0 Å². The molecule has 3 rings (SSSR count). The molecule has 6 nitrogen and oxygen atoms in total. The van der Waals surface area contributed by atoms with Gasteiger partial charge in [-0.1, -0.05) is 19.1 Å². The largest absolute Gasteiger partial charge is 0.466 e. The number of aromatic nitrogens is 1. The predicted molar refractivity (Wildman–Crippen MR) is 105 cm³/mol. The lowest BCUT2D eigenvalue weighted by molar-refractivity contribution is -0.149. The fourth-order valence-corrected chi connectivity index (χ4v) is 3.58. The monoisotopic (exact) mass is 379 g/mol. The number of piperidine rings is 1. The Labute approximate surface area is 165 Å². The van der Waals surface area contributed by atoms with Crippen LogP contribution in [0.4, 0.5) is 0 Å². The predicted octanol–water partition coefficient (Wildman–Crippen LogP) is 3.33. The van der Waals surface area contributed by atoms with Crippen LogP contribution in [0.3, 0.4) is 0 Å². The third-order valence-electron chi connectivity index (χ3n) is 5.23. The van der Waals surface area contributed by atoms with Crippen LogP contribution in [-0.2, 0) is 16.0 Å². The molecule has 1 aromatic carbocycles. The molecule has 146 valence electrons. The van der Waals surface area contributed by atoms with Crippen molar-refractivity contribution in [3.8, 4) is 11.8 Å². The SMILES string of the molecule is CCOC(=O)C1CCN(C(=O)c2c(C#N)ccn2-c2ccc(CC)cc2)CC1. The van der Waals surface area contributed by atoms with Gasteiger partial charge in [0.25, 0.3) is 5.91 Å². The summed E-state index contributed by atoms with van der Waals surface area (Å²) in [6.07, 6.45) is 3.87. The van der Waals surface area contributed by atoms with Crippen LogP contribution in [0.1, 0.15) is 48.3 Å². The van der Waals surface area contributed by atoms with Crippen molar-refractivity contribution in [2.24, 2.45) is 5.92 Å². The smallest absolute Gasteiger partial charge is 0.309 e. The first-order chi connectivity index (χ1) is 13.6. The molecule has 0 radical (unpaired) electrons. The lowest BCUT2D eigenvalue weighted by Crippen LogP contribution is -2.41. The summed E-state index contributed by atoms with van der Waals surface area (Å²) in [7, 11) is 0. The molecule has 1 amide bonds. The standard InChI is InChI=1S/C22H25N3O3/c1-3-16-5-7-19(8-6-16)25-14-11-18(15-23)20(25)21(26)24-12-9-17(10-13-24)22(27)28-4-2/h5-8,11,14,17H,3-4,9-10,12-13H2,1-2H3. The molecule has 1 fully saturated rings. The fourth-order valence-electron chi connectivity index (χ4n) is 3.58. The Balaban J connectivity index is 1.81. The van der Waals surface area contributed by atoms with Crippen LogP contribution in [0.2, 0.25) is 0 Å². The Bertz CT molecular complexity index is 885. The van der Waals surface area contributed by atoms with Crippen molar-refractivity contribution < 1.29 is 14.3 Å². The van der Waals surface area contributed by atoms with E-state index in [0.717, 1.165) is 12.1 Å². The summed E-state index contributed by atoms with van der Waals surface area (Å²) in [5.41, 5.74) is 2.80. The minimum Gasteiger partial charge on any atom is -0.466 e. The van der Waals surface area contributed by atoms with E-state index in [1.807, 2.05) is 24.3 Å². The second kappa shape index (κ2) is 8.75. The van der Waals surface area contributed by atoms with E-state index < -0.39 is 0 Å². The average Bonchev–Trinajstić information content (AvgIpc) is 3.17. The van der Waals surface area contributed by atoms with Crippen molar-refractivity contribution in [3.63, 3.8) is 0 Å². The molecule has 1 aliphatic heterocycles. The van der Waals surface area contributed by atoms with Crippen LogP contribution in [0, 0.1) is 17.2 Å². The number of nitriles is 1. The normalized spacial score (nSPS) is 14.5. The molecule has 0 spiro atoms. The number of rotatable bonds is 5. The highest BCUT2D eigenvalue weighted by atomic mass is 16.5. The van der Waals surface area contributed by atoms with Gasteiger partial charge in [0.2, 0.25) is 0 Å². The van der Waals surface area contributed by atoms with Gasteiger partial charge in [0.1, 0.15) is 11.8 Å². The van der Waals surface area contributed by atoms with E-state index in [1.54, 1.807) is 28.7 Å². The van der Waals surface area contributed by atoms with E-state index in [1.165, 1.54) is 5.56 Å². The maximum Gasteiger partial charge on any atom is 0.309 e. The number of carbonyl (C=O) groups is 2. The molecule has 0 aliphatic carbocycles. The van der Waals surface area contributed by atoms with Gasteiger partial charge in [0, 0.05) is 25.0 Å². The Morgan fingerprint density at radius 3 is 2.39 bits per heavy atom. The Kier molecular flexibility index (Phi) is 6.15. The van der Waals surface area contributed by atoms with Crippen LogP contribution in [-0.4, -0.2) is 41.0 Å². The number of amides is 1. The molecule has 0 N–H and O–H groups in total. The summed E-state index contributed by atoms with van der Waals surface area (Å²) in [4.78, 5) is 26.8. The molecule has 1 saturated heterocycles. The van der Waals surface area contributed by atoms with Gasteiger partial charge in [-0.05, 0) is 49.9 Å². The minimum absolute atomic E-state index is 0.159. The fraction of sp³-hybridized carbons (Fsp3) is 0.409. The van der Waals surface area contributed by atoms with E-state index in [-0.39, 0.29) is 17.8 Å². The molecule has 0 bridgehead atoms. The summed E-state index contributed by atoms with van der Waals surface area (Å²) >= 11 is 0. The highest BCUT2D eigenvalue weighted by molar-refractivity contribution is 5.96. The van der Waals surface area contributed by atoms with E-state index in [0.29, 0.717) is 43.8 Å². The Morgan fingerprint density at radius 1 is 1.14 bits per heavy atom. The zero-order chi connectivity index (χ0) is 20.1. The summed E-state index contributed by atoms with van der Waals surface area (Å²) in [6.45, 7) is 5.21. The van der Waals surface area contributed by atoms with Crippen LogP contribution in [0.5, 0.6) is 0 Å². The Hall–Kier alpha value is -3.07. The zero-order valence-electron chi connectivity index (χ0n) is 16.4. The topological polar surface area (TPSA) is 75.3 Å². The number of likely N-dealkylation sites (tertiary alicyclic amines) is 1. The van der Waals surface area contributed by atoms with Gasteiger partial charge in [-0.15, -0.1) is 0 Å². The molecule has 6 heteroatoms. The van der Waals surface area contributed by atoms with Crippen molar-refractivity contribution in [3.05, 3.63) is 53.3 Å².